The fourth-order valence-corrected chi connectivity index (χ4v) is 3.85. The number of nitrogens with one attached hydrogen (secondary N) is 1. The lowest BCUT2D eigenvalue weighted by atomic mass is 10.1. The summed E-state index contributed by atoms with van der Waals surface area (Å²) < 4.78 is 7.54. The second kappa shape index (κ2) is 7.11. The number of ether oxygens (including phenoxy) is 1. The number of esters is 1. The van der Waals surface area contributed by atoms with Gasteiger partial charge in [-0.2, -0.15) is 0 Å². The fraction of sp³-hybridized carbons (Fsp3) is 0.263. The monoisotopic (exact) mass is 356 g/mol. The van der Waals surface area contributed by atoms with Crippen molar-refractivity contribution >= 4 is 39.1 Å². The van der Waals surface area contributed by atoms with Crippen molar-refractivity contribution in [3.8, 4) is 0 Å². The van der Waals surface area contributed by atoms with Crippen LogP contribution in [0.4, 0.5) is 5.69 Å². The van der Waals surface area contributed by atoms with E-state index in [2.05, 4.69) is 5.32 Å². The molecule has 3 aromatic rings. The molecule has 0 radical (unpaired) electrons. The summed E-state index contributed by atoms with van der Waals surface area (Å²) in [5.74, 6) is -0.616. The van der Waals surface area contributed by atoms with Crippen LogP contribution in [0.5, 0.6) is 0 Å². The van der Waals surface area contributed by atoms with Gasteiger partial charge in [-0.25, -0.2) is 4.79 Å². The highest BCUT2D eigenvalue weighted by Gasteiger charge is 2.20. The number of para-hydroxylation sites is 1. The van der Waals surface area contributed by atoms with Crippen molar-refractivity contribution < 1.29 is 14.3 Å². The summed E-state index contributed by atoms with van der Waals surface area (Å²) in [4.78, 5) is 25.8. The van der Waals surface area contributed by atoms with E-state index in [1.165, 1.54) is 7.11 Å². The molecule has 1 N–H and O–H groups in total. The molecule has 6 heteroatoms. The molecule has 0 bridgehead atoms. The molecular formula is C19H20N2O3S. The third kappa shape index (κ3) is 3.44. The van der Waals surface area contributed by atoms with Gasteiger partial charge < -0.3 is 14.6 Å². The van der Waals surface area contributed by atoms with Gasteiger partial charge in [0.2, 0.25) is 5.91 Å². The van der Waals surface area contributed by atoms with Crippen LogP contribution >= 0.6 is 11.3 Å². The summed E-state index contributed by atoms with van der Waals surface area (Å²) in [6.07, 6.45) is 0.835. The summed E-state index contributed by atoms with van der Waals surface area (Å²) in [6, 6.07) is 11.5. The maximum Gasteiger partial charge on any atom is 0.354 e. The van der Waals surface area contributed by atoms with Gasteiger partial charge in [0.25, 0.3) is 0 Å². The normalized spacial score (nSPS) is 10.8. The number of hydrogen-bond donors (Lipinski definition) is 1. The van der Waals surface area contributed by atoms with Crippen LogP contribution in [0.15, 0.2) is 36.4 Å². The molecule has 0 saturated heterocycles. The number of carbonyl (C=O) groups is 2. The van der Waals surface area contributed by atoms with Crippen molar-refractivity contribution in [3.05, 3.63) is 52.5 Å². The van der Waals surface area contributed by atoms with Crippen LogP contribution in [0.1, 0.15) is 27.9 Å². The number of aromatic nitrogens is 1. The fourth-order valence-electron chi connectivity index (χ4n) is 2.89. The van der Waals surface area contributed by atoms with Gasteiger partial charge in [-0.15, -0.1) is 11.3 Å². The quantitative estimate of drug-likeness (QED) is 0.703. The zero-order valence-electron chi connectivity index (χ0n) is 14.5. The third-order valence-electron chi connectivity index (χ3n) is 4.08. The van der Waals surface area contributed by atoms with E-state index in [0.717, 1.165) is 32.8 Å². The molecule has 2 aromatic heterocycles. The average Bonchev–Trinajstić information content (AvgIpc) is 3.12. The van der Waals surface area contributed by atoms with Crippen LogP contribution in [0.3, 0.4) is 0 Å². The predicted octanol–water partition coefficient (Wildman–Crippen LogP) is 4.00. The Morgan fingerprint density at radius 1 is 1.24 bits per heavy atom. The Morgan fingerprint density at radius 3 is 2.72 bits per heavy atom. The van der Waals surface area contributed by atoms with Crippen LogP contribution < -0.4 is 5.32 Å². The Hall–Kier alpha value is -2.60. The van der Waals surface area contributed by atoms with Crippen LogP contribution in [-0.2, 0) is 22.5 Å². The minimum absolute atomic E-state index is 0.0577. The van der Waals surface area contributed by atoms with Crippen LogP contribution in [0.2, 0.25) is 0 Å². The molecular weight excluding hydrogens is 336 g/mol. The van der Waals surface area contributed by atoms with Crippen molar-refractivity contribution in [1.29, 1.82) is 0 Å². The summed E-state index contributed by atoms with van der Waals surface area (Å²) in [6.45, 7) is 4.11. The summed E-state index contributed by atoms with van der Waals surface area (Å²) >= 11 is 1.59. The van der Waals surface area contributed by atoms with E-state index >= 15 is 0 Å². The van der Waals surface area contributed by atoms with Gasteiger partial charge in [0.05, 0.1) is 17.3 Å². The summed E-state index contributed by atoms with van der Waals surface area (Å²) in [7, 11) is 1.34. The van der Waals surface area contributed by atoms with Gasteiger partial charge in [0.1, 0.15) is 12.2 Å². The zero-order valence-corrected chi connectivity index (χ0v) is 15.3. The molecule has 25 heavy (non-hydrogen) atoms. The van der Waals surface area contributed by atoms with Crippen LogP contribution in [0, 0.1) is 6.92 Å². The number of anilines is 1. The Balaban J connectivity index is 1.91. The van der Waals surface area contributed by atoms with E-state index in [1.54, 1.807) is 22.0 Å². The number of fused-ring (bicyclic) bond motifs is 1. The standard InChI is InChI=1S/C19H20N2O3S/c1-4-13-7-5-6-8-14(13)20-18(22)11-21-15-9-12(2)25-17(15)10-16(21)19(23)24-3/h5-10H,4,11H2,1-3H3,(H,20,22). The second-order valence-electron chi connectivity index (χ2n) is 5.77. The first kappa shape index (κ1) is 17.2. The molecule has 3 rings (SSSR count). The van der Waals surface area contributed by atoms with E-state index in [-0.39, 0.29) is 12.5 Å². The van der Waals surface area contributed by atoms with Gasteiger partial charge in [0, 0.05) is 10.6 Å². The highest BCUT2D eigenvalue weighted by atomic mass is 32.1. The number of thiophene rings is 1. The molecule has 5 nitrogen and oxygen atoms in total. The molecule has 0 spiro atoms. The summed E-state index contributed by atoms with van der Waals surface area (Å²) in [5.41, 5.74) is 3.15. The van der Waals surface area contributed by atoms with E-state index < -0.39 is 5.97 Å². The van der Waals surface area contributed by atoms with E-state index in [4.69, 9.17) is 4.74 Å². The molecule has 2 heterocycles. The number of methoxy groups -OCH3 is 1. The topological polar surface area (TPSA) is 60.3 Å². The number of carbonyl (C=O) groups excluding carboxylic acids is 2. The number of nitrogens with zero attached hydrogens (tertiary/aromatic N) is 1. The number of aryl methyl sites for hydroxylation is 2. The van der Waals surface area contributed by atoms with Crippen molar-refractivity contribution in [3.63, 3.8) is 0 Å². The third-order valence-corrected chi connectivity index (χ3v) is 5.07. The first-order valence-electron chi connectivity index (χ1n) is 8.09. The Morgan fingerprint density at radius 2 is 2.00 bits per heavy atom. The molecule has 0 unspecified atom stereocenters. The average molecular weight is 356 g/mol. The number of hydrogen-bond acceptors (Lipinski definition) is 4. The van der Waals surface area contributed by atoms with Gasteiger partial charge in [-0.05, 0) is 37.1 Å². The van der Waals surface area contributed by atoms with E-state index in [0.29, 0.717) is 5.69 Å². The van der Waals surface area contributed by atoms with Crippen molar-refractivity contribution in [1.82, 2.24) is 4.57 Å². The van der Waals surface area contributed by atoms with Gasteiger partial charge in [0.15, 0.2) is 0 Å². The Bertz CT molecular complexity index is 939. The SMILES string of the molecule is CCc1ccccc1NC(=O)Cn1c(C(=O)OC)cc2sc(C)cc21. The number of amides is 1. The minimum Gasteiger partial charge on any atom is -0.464 e. The molecule has 1 aromatic carbocycles. The number of benzene rings is 1. The highest BCUT2D eigenvalue weighted by molar-refractivity contribution is 7.19. The highest BCUT2D eigenvalue weighted by Crippen LogP contribution is 2.29. The molecule has 0 atom stereocenters. The molecule has 0 saturated carbocycles. The molecule has 0 aliphatic heterocycles. The van der Waals surface area contributed by atoms with Crippen molar-refractivity contribution in [2.24, 2.45) is 0 Å². The maximum atomic E-state index is 12.6. The first-order valence-corrected chi connectivity index (χ1v) is 8.91. The van der Waals surface area contributed by atoms with Crippen LogP contribution in [0.25, 0.3) is 10.2 Å². The summed E-state index contributed by atoms with van der Waals surface area (Å²) in [5, 5.41) is 2.95. The predicted molar refractivity (Wildman–Crippen MR) is 100 cm³/mol. The molecule has 0 aliphatic rings. The van der Waals surface area contributed by atoms with Gasteiger partial charge >= 0.3 is 5.97 Å². The van der Waals surface area contributed by atoms with E-state index in [1.807, 2.05) is 44.2 Å². The second-order valence-corrected chi connectivity index (χ2v) is 7.06. The van der Waals surface area contributed by atoms with Crippen LogP contribution in [-0.4, -0.2) is 23.6 Å². The zero-order chi connectivity index (χ0) is 18.0. The lowest BCUT2D eigenvalue weighted by Crippen LogP contribution is -2.22. The molecule has 0 fully saturated rings. The molecule has 0 aliphatic carbocycles. The first-order chi connectivity index (χ1) is 12.0. The molecule has 1 amide bonds. The largest absolute Gasteiger partial charge is 0.464 e. The lowest BCUT2D eigenvalue weighted by molar-refractivity contribution is -0.116. The molecule has 130 valence electrons. The lowest BCUT2D eigenvalue weighted by Gasteiger charge is -2.12. The number of rotatable bonds is 5. The van der Waals surface area contributed by atoms with E-state index in [9.17, 15) is 9.59 Å². The Labute approximate surface area is 150 Å². The maximum absolute atomic E-state index is 12.6. The van der Waals surface area contributed by atoms with Gasteiger partial charge in [-0.3, -0.25) is 4.79 Å². The van der Waals surface area contributed by atoms with Gasteiger partial charge in [-0.1, -0.05) is 25.1 Å². The van der Waals surface area contributed by atoms with Crippen molar-refractivity contribution in [2.45, 2.75) is 26.8 Å². The minimum atomic E-state index is -0.442. The smallest absolute Gasteiger partial charge is 0.354 e. The Kier molecular flexibility index (Phi) is 4.90. The van der Waals surface area contributed by atoms with Crippen molar-refractivity contribution in [2.75, 3.05) is 12.4 Å².